The van der Waals surface area contributed by atoms with Gasteiger partial charge in [-0.2, -0.15) is 0 Å². The minimum absolute atomic E-state index is 0.00696. The average Bonchev–Trinajstić information content (AvgIpc) is 2.83. The summed E-state index contributed by atoms with van der Waals surface area (Å²) in [6.45, 7) is 5.57. The van der Waals surface area contributed by atoms with Gasteiger partial charge in [0.2, 0.25) is 0 Å². The van der Waals surface area contributed by atoms with Crippen LogP contribution >= 0.6 is 0 Å². The summed E-state index contributed by atoms with van der Waals surface area (Å²) in [5.74, 6) is -0.432. The number of aryl methyl sites for hydroxylation is 2. The van der Waals surface area contributed by atoms with Crippen LogP contribution in [0.3, 0.4) is 0 Å². The standard InChI is InChI=1S/C24H26N6O3/c1-3-33-12-6-11-29-20(25)18(23(31)27-15-17-8-4-9-26-14-17)13-19-22(29)28-21-16(2)7-5-10-30(21)24(19)32/h4-5,7-10,13-14,25H,3,6,11-12,15H2,1-2H3,(H,27,31). The smallest absolute Gasteiger partial charge is 0.267 e. The second-order valence-electron chi connectivity index (χ2n) is 7.69. The number of rotatable bonds is 8. The van der Waals surface area contributed by atoms with Gasteiger partial charge in [0.15, 0.2) is 0 Å². The van der Waals surface area contributed by atoms with E-state index < -0.39 is 5.91 Å². The van der Waals surface area contributed by atoms with Crippen LogP contribution in [0.1, 0.15) is 34.8 Å². The highest BCUT2D eigenvalue weighted by atomic mass is 16.5. The molecular weight excluding hydrogens is 420 g/mol. The van der Waals surface area contributed by atoms with Gasteiger partial charge in [-0.05, 0) is 49.6 Å². The van der Waals surface area contributed by atoms with Crippen LogP contribution in [0.15, 0.2) is 53.7 Å². The van der Waals surface area contributed by atoms with Gasteiger partial charge in [0.25, 0.3) is 11.5 Å². The summed E-state index contributed by atoms with van der Waals surface area (Å²) < 4.78 is 8.54. The first-order valence-corrected chi connectivity index (χ1v) is 10.9. The predicted molar refractivity (Wildman–Crippen MR) is 124 cm³/mol. The van der Waals surface area contributed by atoms with E-state index in [9.17, 15) is 9.59 Å². The maximum Gasteiger partial charge on any atom is 0.267 e. The SMILES string of the molecule is CCOCCCn1c(=N)c(C(=O)NCc2cccnc2)cc2c(=O)n3cccc(C)c3nc21. The number of ether oxygens (including phenoxy) is 1. The Hall–Kier alpha value is -3.85. The molecule has 0 unspecified atom stereocenters. The third kappa shape index (κ3) is 4.54. The lowest BCUT2D eigenvalue weighted by Crippen LogP contribution is -2.35. The highest BCUT2D eigenvalue weighted by Crippen LogP contribution is 2.13. The third-order valence-electron chi connectivity index (χ3n) is 5.43. The Kier molecular flexibility index (Phi) is 6.60. The molecular formula is C24H26N6O3. The quantitative estimate of drug-likeness (QED) is 0.318. The zero-order chi connectivity index (χ0) is 23.4. The maximum atomic E-state index is 13.3. The van der Waals surface area contributed by atoms with Crippen molar-refractivity contribution in [1.82, 2.24) is 24.3 Å². The Morgan fingerprint density at radius 2 is 2.09 bits per heavy atom. The topological polar surface area (TPSA) is 114 Å². The Morgan fingerprint density at radius 3 is 2.85 bits per heavy atom. The molecule has 2 N–H and O–H groups in total. The fraction of sp³-hybridized carbons (Fsp3) is 0.292. The Balaban J connectivity index is 1.83. The van der Waals surface area contributed by atoms with Crippen LogP contribution in [0.2, 0.25) is 0 Å². The lowest BCUT2D eigenvalue weighted by molar-refractivity contribution is 0.0948. The molecule has 33 heavy (non-hydrogen) atoms. The first kappa shape index (κ1) is 22.3. The van der Waals surface area contributed by atoms with Gasteiger partial charge >= 0.3 is 0 Å². The van der Waals surface area contributed by atoms with Crippen LogP contribution in [0.5, 0.6) is 0 Å². The van der Waals surface area contributed by atoms with E-state index in [1.54, 1.807) is 35.3 Å². The monoisotopic (exact) mass is 446 g/mol. The lowest BCUT2D eigenvalue weighted by Gasteiger charge is -2.15. The van der Waals surface area contributed by atoms with Crippen molar-refractivity contribution < 1.29 is 9.53 Å². The number of aromatic nitrogens is 4. The molecule has 0 aliphatic heterocycles. The van der Waals surface area contributed by atoms with Crippen LogP contribution < -0.4 is 16.4 Å². The predicted octanol–water partition coefficient (Wildman–Crippen LogP) is 2.19. The number of carbonyl (C=O) groups excluding carboxylic acids is 1. The summed E-state index contributed by atoms with van der Waals surface area (Å²) >= 11 is 0. The number of hydrogen-bond acceptors (Lipinski definition) is 6. The van der Waals surface area contributed by atoms with Gasteiger partial charge in [0, 0.05) is 44.9 Å². The Labute approximate surface area is 190 Å². The van der Waals surface area contributed by atoms with Crippen molar-refractivity contribution in [3.63, 3.8) is 0 Å². The van der Waals surface area contributed by atoms with Gasteiger partial charge in [0.1, 0.15) is 16.8 Å². The summed E-state index contributed by atoms with van der Waals surface area (Å²) in [5.41, 5.74) is 2.45. The Morgan fingerprint density at radius 1 is 1.24 bits per heavy atom. The van der Waals surface area contributed by atoms with Gasteiger partial charge in [-0.25, -0.2) is 4.98 Å². The molecule has 0 saturated heterocycles. The number of carbonyl (C=O) groups is 1. The van der Waals surface area contributed by atoms with E-state index in [1.807, 2.05) is 26.0 Å². The van der Waals surface area contributed by atoms with Crippen LogP contribution in [-0.2, 0) is 17.8 Å². The molecule has 4 aromatic rings. The fourth-order valence-corrected chi connectivity index (χ4v) is 3.74. The van der Waals surface area contributed by atoms with E-state index in [2.05, 4.69) is 10.3 Å². The summed E-state index contributed by atoms with van der Waals surface area (Å²) in [6.07, 6.45) is 5.61. The molecule has 9 nitrogen and oxygen atoms in total. The van der Waals surface area contributed by atoms with E-state index in [-0.39, 0.29) is 28.5 Å². The number of hydrogen-bond donors (Lipinski definition) is 2. The molecule has 0 aromatic carbocycles. The lowest BCUT2D eigenvalue weighted by atomic mass is 10.1. The highest BCUT2D eigenvalue weighted by molar-refractivity contribution is 5.96. The minimum Gasteiger partial charge on any atom is -0.382 e. The molecule has 4 rings (SSSR count). The molecule has 170 valence electrons. The van der Waals surface area contributed by atoms with Gasteiger partial charge in [-0.15, -0.1) is 0 Å². The summed E-state index contributed by atoms with van der Waals surface area (Å²) in [4.78, 5) is 35.1. The number of nitrogens with one attached hydrogen (secondary N) is 2. The summed E-state index contributed by atoms with van der Waals surface area (Å²) in [5, 5.41) is 11.9. The second-order valence-corrected chi connectivity index (χ2v) is 7.69. The van der Waals surface area contributed by atoms with Crippen molar-refractivity contribution in [3.05, 3.63) is 81.5 Å². The molecule has 4 heterocycles. The van der Waals surface area contributed by atoms with E-state index in [0.29, 0.717) is 37.5 Å². The molecule has 9 heteroatoms. The molecule has 0 spiro atoms. The third-order valence-corrected chi connectivity index (χ3v) is 5.43. The largest absolute Gasteiger partial charge is 0.382 e. The second kappa shape index (κ2) is 9.74. The van der Waals surface area contributed by atoms with Gasteiger partial charge in [-0.3, -0.25) is 24.4 Å². The number of pyridine rings is 3. The Bertz CT molecular complexity index is 1430. The molecule has 0 fully saturated rings. The zero-order valence-corrected chi connectivity index (χ0v) is 18.7. The van der Waals surface area contributed by atoms with Crippen molar-refractivity contribution in [2.75, 3.05) is 13.2 Å². The van der Waals surface area contributed by atoms with Gasteiger partial charge in [-0.1, -0.05) is 12.1 Å². The number of amides is 1. The van der Waals surface area contributed by atoms with Crippen LogP contribution in [0.25, 0.3) is 16.7 Å². The van der Waals surface area contributed by atoms with E-state index >= 15 is 0 Å². The van der Waals surface area contributed by atoms with Crippen LogP contribution in [0, 0.1) is 12.3 Å². The molecule has 0 aliphatic carbocycles. The van der Waals surface area contributed by atoms with Crippen LogP contribution in [0.4, 0.5) is 0 Å². The summed E-state index contributed by atoms with van der Waals surface area (Å²) in [6, 6.07) is 8.79. The van der Waals surface area contributed by atoms with Crippen molar-refractivity contribution in [3.8, 4) is 0 Å². The number of nitrogens with zero attached hydrogens (tertiary/aromatic N) is 4. The minimum atomic E-state index is -0.432. The number of fused-ring (bicyclic) bond motifs is 2. The zero-order valence-electron chi connectivity index (χ0n) is 18.7. The first-order valence-electron chi connectivity index (χ1n) is 10.9. The van der Waals surface area contributed by atoms with Gasteiger partial charge < -0.3 is 14.6 Å². The molecule has 0 saturated carbocycles. The van der Waals surface area contributed by atoms with Gasteiger partial charge in [0.05, 0.1) is 10.9 Å². The molecule has 0 bridgehead atoms. The van der Waals surface area contributed by atoms with Crippen molar-refractivity contribution in [1.29, 1.82) is 5.41 Å². The van der Waals surface area contributed by atoms with Crippen molar-refractivity contribution >= 4 is 22.6 Å². The highest BCUT2D eigenvalue weighted by Gasteiger charge is 2.18. The molecule has 0 aliphatic rings. The molecule has 1 amide bonds. The normalized spacial score (nSPS) is 11.2. The molecule has 0 radical (unpaired) electrons. The fourth-order valence-electron chi connectivity index (χ4n) is 3.74. The van der Waals surface area contributed by atoms with Crippen molar-refractivity contribution in [2.24, 2.45) is 0 Å². The van der Waals surface area contributed by atoms with E-state index in [4.69, 9.17) is 15.1 Å². The first-order chi connectivity index (χ1) is 16.0. The molecule has 4 aromatic heterocycles. The van der Waals surface area contributed by atoms with Crippen molar-refractivity contribution in [2.45, 2.75) is 33.4 Å². The van der Waals surface area contributed by atoms with E-state index in [0.717, 1.165) is 11.1 Å². The van der Waals surface area contributed by atoms with Crippen LogP contribution in [-0.4, -0.2) is 38.1 Å². The van der Waals surface area contributed by atoms with E-state index in [1.165, 1.54) is 10.5 Å². The maximum absolute atomic E-state index is 13.3. The summed E-state index contributed by atoms with van der Waals surface area (Å²) in [7, 11) is 0. The molecule has 0 atom stereocenters. The average molecular weight is 447 g/mol.